The first-order chi connectivity index (χ1) is 10.7. The average Bonchev–Trinajstić information content (AvgIpc) is 2.87. The number of rotatable bonds is 4. The standard InChI is InChI=1S/C16H18FN5/c1-4-21(5-2)15-14-11(3)20-22(16(14)19-10-18-15)13-9-7-6-8-12(13)17/h6-10H,4-5H2,1-3H3. The Morgan fingerprint density at radius 1 is 1.14 bits per heavy atom. The molecule has 0 bridgehead atoms. The normalized spacial score (nSPS) is 11.1. The molecule has 6 heteroatoms. The summed E-state index contributed by atoms with van der Waals surface area (Å²) in [5.41, 5.74) is 1.81. The van der Waals surface area contributed by atoms with E-state index in [9.17, 15) is 4.39 Å². The van der Waals surface area contributed by atoms with Crippen molar-refractivity contribution in [2.24, 2.45) is 0 Å². The molecule has 0 aliphatic rings. The second kappa shape index (κ2) is 5.71. The lowest BCUT2D eigenvalue weighted by molar-refractivity contribution is 0.612. The number of aromatic nitrogens is 4. The van der Waals surface area contributed by atoms with Crippen LogP contribution < -0.4 is 4.90 Å². The van der Waals surface area contributed by atoms with Crippen molar-refractivity contribution in [3.05, 3.63) is 42.1 Å². The van der Waals surface area contributed by atoms with Crippen LogP contribution in [0.5, 0.6) is 0 Å². The summed E-state index contributed by atoms with van der Waals surface area (Å²) in [6.07, 6.45) is 1.51. The van der Waals surface area contributed by atoms with Crippen LogP contribution in [0.1, 0.15) is 19.5 Å². The predicted molar refractivity (Wildman–Crippen MR) is 84.9 cm³/mol. The van der Waals surface area contributed by atoms with Crippen molar-refractivity contribution >= 4 is 16.9 Å². The van der Waals surface area contributed by atoms with Crippen molar-refractivity contribution in [3.8, 4) is 5.69 Å². The van der Waals surface area contributed by atoms with Crippen molar-refractivity contribution in [1.29, 1.82) is 0 Å². The van der Waals surface area contributed by atoms with Crippen molar-refractivity contribution in [1.82, 2.24) is 19.7 Å². The van der Waals surface area contributed by atoms with Crippen LogP contribution in [-0.4, -0.2) is 32.8 Å². The first kappa shape index (κ1) is 14.4. The second-order valence-corrected chi connectivity index (χ2v) is 5.02. The summed E-state index contributed by atoms with van der Waals surface area (Å²) in [7, 11) is 0. The molecule has 2 heterocycles. The lowest BCUT2D eigenvalue weighted by Gasteiger charge is -2.20. The van der Waals surface area contributed by atoms with Crippen LogP contribution >= 0.6 is 0 Å². The Morgan fingerprint density at radius 2 is 1.86 bits per heavy atom. The van der Waals surface area contributed by atoms with E-state index in [4.69, 9.17) is 0 Å². The summed E-state index contributed by atoms with van der Waals surface area (Å²) in [6.45, 7) is 7.73. The molecule has 0 saturated heterocycles. The van der Waals surface area contributed by atoms with Gasteiger partial charge in [0.1, 0.15) is 23.6 Å². The summed E-state index contributed by atoms with van der Waals surface area (Å²) < 4.78 is 15.6. The number of hydrogen-bond acceptors (Lipinski definition) is 4. The number of anilines is 1. The van der Waals surface area contributed by atoms with E-state index in [1.165, 1.54) is 12.4 Å². The minimum atomic E-state index is -0.324. The molecule has 3 rings (SSSR count). The molecule has 0 saturated carbocycles. The summed E-state index contributed by atoms with van der Waals surface area (Å²) in [5, 5.41) is 5.35. The van der Waals surface area contributed by atoms with Gasteiger partial charge in [0.05, 0.1) is 11.1 Å². The van der Waals surface area contributed by atoms with Crippen molar-refractivity contribution in [2.75, 3.05) is 18.0 Å². The molecule has 0 radical (unpaired) electrons. The Morgan fingerprint density at radius 3 is 2.55 bits per heavy atom. The zero-order valence-corrected chi connectivity index (χ0v) is 12.9. The predicted octanol–water partition coefficient (Wildman–Crippen LogP) is 3.11. The van der Waals surface area contributed by atoms with Crippen molar-refractivity contribution in [2.45, 2.75) is 20.8 Å². The Balaban J connectivity index is 2.28. The van der Waals surface area contributed by atoms with Crippen LogP contribution in [0.4, 0.5) is 10.2 Å². The van der Waals surface area contributed by atoms with Gasteiger partial charge in [-0.1, -0.05) is 12.1 Å². The Labute approximate surface area is 128 Å². The van der Waals surface area contributed by atoms with Crippen LogP contribution in [0, 0.1) is 12.7 Å². The van der Waals surface area contributed by atoms with E-state index in [0.717, 1.165) is 30.0 Å². The summed E-state index contributed by atoms with van der Waals surface area (Å²) in [4.78, 5) is 10.9. The van der Waals surface area contributed by atoms with Crippen LogP contribution in [-0.2, 0) is 0 Å². The number of halogens is 1. The molecule has 0 aliphatic heterocycles. The SMILES string of the molecule is CCN(CC)c1ncnc2c1c(C)nn2-c1ccccc1F. The summed E-state index contributed by atoms with van der Waals surface area (Å²) in [6, 6.07) is 6.56. The van der Waals surface area contributed by atoms with Gasteiger partial charge in [-0.25, -0.2) is 19.0 Å². The Hall–Kier alpha value is -2.50. The fraction of sp³-hybridized carbons (Fsp3) is 0.312. The smallest absolute Gasteiger partial charge is 0.168 e. The quantitative estimate of drug-likeness (QED) is 0.742. The average molecular weight is 299 g/mol. The molecular weight excluding hydrogens is 281 g/mol. The van der Waals surface area contributed by atoms with Gasteiger partial charge in [0, 0.05) is 13.1 Å². The fourth-order valence-corrected chi connectivity index (χ4v) is 2.65. The van der Waals surface area contributed by atoms with Crippen molar-refractivity contribution < 1.29 is 4.39 Å². The molecule has 0 fully saturated rings. The maximum atomic E-state index is 14.1. The minimum absolute atomic E-state index is 0.324. The zero-order chi connectivity index (χ0) is 15.7. The molecule has 2 aromatic heterocycles. The van der Waals surface area contributed by atoms with Crippen molar-refractivity contribution in [3.63, 3.8) is 0 Å². The molecule has 0 N–H and O–H groups in total. The van der Waals surface area contributed by atoms with Gasteiger partial charge >= 0.3 is 0 Å². The van der Waals surface area contributed by atoms with Crippen LogP contribution in [0.2, 0.25) is 0 Å². The summed E-state index contributed by atoms with van der Waals surface area (Å²) >= 11 is 0. The third-order valence-electron chi connectivity index (χ3n) is 3.76. The molecule has 3 aromatic rings. The van der Waals surface area contributed by atoms with E-state index in [1.807, 2.05) is 6.92 Å². The van der Waals surface area contributed by atoms with Gasteiger partial charge in [-0.3, -0.25) is 0 Å². The highest BCUT2D eigenvalue weighted by atomic mass is 19.1. The molecule has 5 nitrogen and oxygen atoms in total. The van der Waals surface area contributed by atoms with E-state index in [0.29, 0.717) is 11.3 Å². The largest absolute Gasteiger partial charge is 0.356 e. The number of nitrogens with zero attached hydrogens (tertiary/aromatic N) is 5. The molecule has 0 amide bonds. The number of para-hydroxylation sites is 1. The lowest BCUT2D eigenvalue weighted by atomic mass is 10.2. The van der Waals surface area contributed by atoms with Gasteiger partial charge in [0.15, 0.2) is 5.65 Å². The molecule has 0 atom stereocenters. The highest BCUT2D eigenvalue weighted by Crippen LogP contribution is 2.28. The van der Waals surface area contributed by atoms with Gasteiger partial charge < -0.3 is 4.90 Å². The van der Waals surface area contributed by atoms with Crippen LogP contribution in [0.15, 0.2) is 30.6 Å². The highest BCUT2D eigenvalue weighted by Gasteiger charge is 2.19. The van der Waals surface area contributed by atoms with E-state index >= 15 is 0 Å². The first-order valence-electron chi connectivity index (χ1n) is 7.37. The first-order valence-corrected chi connectivity index (χ1v) is 7.37. The number of aryl methyl sites for hydroxylation is 1. The van der Waals surface area contributed by atoms with Gasteiger partial charge in [-0.15, -0.1) is 0 Å². The minimum Gasteiger partial charge on any atom is -0.356 e. The zero-order valence-electron chi connectivity index (χ0n) is 12.9. The van der Waals surface area contributed by atoms with Gasteiger partial charge in [0.2, 0.25) is 0 Å². The molecule has 0 unspecified atom stereocenters. The third kappa shape index (κ3) is 2.20. The fourth-order valence-electron chi connectivity index (χ4n) is 2.65. The van der Waals surface area contributed by atoms with Gasteiger partial charge in [-0.05, 0) is 32.9 Å². The van der Waals surface area contributed by atoms with E-state index in [-0.39, 0.29) is 5.82 Å². The molecule has 0 aliphatic carbocycles. The van der Waals surface area contributed by atoms with Gasteiger partial charge in [-0.2, -0.15) is 5.10 Å². The van der Waals surface area contributed by atoms with E-state index in [1.54, 1.807) is 22.9 Å². The maximum Gasteiger partial charge on any atom is 0.168 e. The Kier molecular flexibility index (Phi) is 3.75. The number of hydrogen-bond donors (Lipinski definition) is 0. The highest BCUT2D eigenvalue weighted by molar-refractivity contribution is 5.90. The molecular formula is C16H18FN5. The molecule has 1 aromatic carbocycles. The Bertz CT molecular complexity index is 807. The molecule has 0 spiro atoms. The lowest BCUT2D eigenvalue weighted by Crippen LogP contribution is -2.23. The number of benzene rings is 1. The topological polar surface area (TPSA) is 46.8 Å². The maximum absolute atomic E-state index is 14.1. The van der Waals surface area contributed by atoms with Crippen LogP contribution in [0.25, 0.3) is 16.7 Å². The summed E-state index contributed by atoms with van der Waals surface area (Å²) in [5.74, 6) is 0.519. The third-order valence-corrected chi connectivity index (χ3v) is 3.76. The molecule has 114 valence electrons. The van der Waals surface area contributed by atoms with E-state index < -0.39 is 0 Å². The number of fused-ring (bicyclic) bond motifs is 1. The van der Waals surface area contributed by atoms with Gasteiger partial charge in [0.25, 0.3) is 0 Å². The van der Waals surface area contributed by atoms with E-state index in [2.05, 4.69) is 33.8 Å². The second-order valence-electron chi connectivity index (χ2n) is 5.02. The molecule has 22 heavy (non-hydrogen) atoms. The van der Waals surface area contributed by atoms with Crippen LogP contribution in [0.3, 0.4) is 0 Å². The monoisotopic (exact) mass is 299 g/mol.